The molecule has 3 fully saturated rings. The molecule has 2 saturated carbocycles. The number of fused-ring (bicyclic) bond motifs is 3. The molecule has 1 heterocycles. The van der Waals surface area contributed by atoms with Crippen molar-refractivity contribution in [2.75, 3.05) is 6.61 Å². The van der Waals surface area contributed by atoms with Gasteiger partial charge in [0, 0.05) is 12.6 Å². The number of amides is 1. The van der Waals surface area contributed by atoms with Gasteiger partial charge in [-0.3, -0.25) is 15.6 Å². The van der Waals surface area contributed by atoms with Crippen molar-refractivity contribution < 1.29 is 14.6 Å². The van der Waals surface area contributed by atoms with E-state index in [4.69, 9.17) is 15.6 Å². The second kappa shape index (κ2) is 5.26. The van der Waals surface area contributed by atoms with Crippen LogP contribution < -0.4 is 10.6 Å². The van der Waals surface area contributed by atoms with Crippen molar-refractivity contribution in [1.29, 1.82) is 10.8 Å². The van der Waals surface area contributed by atoms with Gasteiger partial charge in [0.1, 0.15) is 6.23 Å². The molecule has 0 aromatic rings. The Bertz CT molecular complexity index is 679. The number of aliphatic hydroxyl groups is 1. The molecule has 1 amide bonds. The lowest BCUT2D eigenvalue weighted by Gasteiger charge is -2.37. The van der Waals surface area contributed by atoms with Crippen molar-refractivity contribution in [1.82, 2.24) is 10.6 Å². The number of rotatable bonds is 4. The number of allylic oxidation sites excluding steroid dienone is 3. The van der Waals surface area contributed by atoms with Gasteiger partial charge >= 0.3 is 0 Å². The average molecular weight is 330 g/mol. The van der Waals surface area contributed by atoms with Crippen LogP contribution >= 0.6 is 0 Å². The van der Waals surface area contributed by atoms with E-state index in [9.17, 15) is 9.90 Å². The predicted molar refractivity (Wildman–Crippen MR) is 87.8 cm³/mol. The number of aliphatic hydroxyl groups excluding tert-OH is 1. The number of nitrogens with one attached hydrogen (secondary N) is 4. The third-order valence-corrected chi connectivity index (χ3v) is 5.75. The Morgan fingerprint density at radius 3 is 2.67 bits per heavy atom. The van der Waals surface area contributed by atoms with E-state index in [2.05, 4.69) is 10.6 Å². The van der Waals surface area contributed by atoms with Crippen molar-refractivity contribution in [3.8, 4) is 0 Å². The minimum absolute atomic E-state index is 0.0246. The Hall–Kier alpha value is -1.99. The van der Waals surface area contributed by atoms with E-state index in [1.165, 1.54) is 6.92 Å². The Balaban J connectivity index is 1.56. The van der Waals surface area contributed by atoms with E-state index >= 15 is 0 Å². The summed E-state index contributed by atoms with van der Waals surface area (Å²) in [7, 11) is 0. The first-order chi connectivity index (χ1) is 11.5. The van der Waals surface area contributed by atoms with Crippen LogP contribution in [-0.4, -0.2) is 47.4 Å². The summed E-state index contributed by atoms with van der Waals surface area (Å²) in [5.41, 5.74) is 1.21. The summed E-state index contributed by atoms with van der Waals surface area (Å²) in [6.07, 6.45) is 6.47. The van der Waals surface area contributed by atoms with Crippen molar-refractivity contribution in [3.63, 3.8) is 0 Å². The molecule has 5 atom stereocenters. The van der Waals surface area contributed by atoms with Gasteiger partial charge in [0.15, 0.2) is 0 Å². The molecule has 7 heteroatoms. The van der Waals surface area contributed by atoms with Crippen molar-refractivity contribution in [2.24, 2.45) is 17.3 Å². The summed E-state index contributed by atoms with van der Waals surface area (Å²) in [4.78, 5) is 11.7. The topological polar surface area (TPSA) is 118 Å². The highest BCUT2D eigenvalue weighted by Gasteiger charge is 2.78. The molecule has 128 valence electrons. The van der Waals surface area contributed by atoms with Gasteiger partial charge in [-0.1, -0.05) is 0 Å². The van der Waals surface area contributed by atoms with Gasteiger partial charge in [0.05, 0.1) is 30.2 Å². The Morgan fingerprint density at radius 2 is 2.08 bits per heavy atom. The largest absolute Gasteiger partial charge is 0.394 e. The number of carbonyl (C=O) groups is 1. The van der Waals surface area contributed by atoms with Gasteiger partial charge in [0.25, 0.3) is 0 Å². The van der Waals surface area contributed by atoms with E-state index in [0.717, 1.165) is 12.8 Å². The molecule has 24 heavy (non-hydrogen) atoms. The molecule has 0 aromatic heterocycles. The first-order valence-electron chi connectivity index (χ1n) is 8.33. The fourth-order valence-electron chi connectivity index (χ4n) is 4.57. The Kier molecular flexibility index (Phi) is 3.40. The zero-order chi connectivity index (χ0) is 17.1. The average Bonchev–Trinajstić information content (AvgIpc) is 3.44. The SMILES string of the molecule is CC(=O)N[C@@H]1C(NC2=CC(=N)C(=N)C=C2)OC(CO)C2C1C21CC1. The fraction of sp³-hybridized carbons (Fsp3) is 0.588. The van der Waals surface area contributed by atoms with E-state index in [0.29, 0.717) is 17.5 Å². The monoisotopic (exact) mass is 330 g/mol. The van der Waals surface area contributed by atoms with E-state index < -0.39 is 6.23 Å². The second-order valence-electron chi connectivity index (χ2n) is 7.19. The lowest BCUT2D eigenvalue weighted by Crippen LogP contribution is -2.57. The van der Waals surface area contributed by atoms with Crippen LogP contribution in [0.5, 0.6) is 0 Å². The molecule has 1 aliphatic heterocycles. The molecule has 0 radical (unpaired) electrons. The van der Waals surface area contributed by atoms with Crippen LogP contribution in [0.15, 0.2) is 23.9 Å². The maximum Gasteiger partial charge on any atom is 0.217 e. The summed E-state index contributed by atoms with van der Waals surface area (Å²) < 4.78 is 6.07. The molecule has 4 unspecified atom stereocenters. The van der Waals surface area contributed by atoms with Crippen LogP contribution in [0.4, 0.5) is 0 Å². The maximum absolute atomic E-state index is 11.7. The third-order valence-electron chi connectivity index (χ3n) is 5.75. The molecule has 0 aromatic carbocycles. The molecular weight excluding hydrogens is 308 g/mol. The van der Waals surface area contributed by atoms with Crippen LogP contribution in [0.25, 0.3) is 0 Å². The molecule has 4 aliphatic rings. The Labute approximate surface area is 140 Å². The zero-order valence-corrected chi connectivity index (χ0v) is 13.5. The van der Waals surface area contributed by atoms with Gasteiger partial charge in [0.2, 0.25) is 5.91 Å². The predicted octanol–water partition coefficient (Wildman–Crippen LogP) is 0.317. The lowest BCUT2D eigenvalue weighted by molar-refractivity contribution is -0.128. The molecule has 1 spiro atoms. The summed E-state index contributed by atoms with van der Waals surface area (Å²) >= 11 is 0. The summed E-state index contributed by atoms with van der Waals surface area (Å²) in [6.45, 7) is 1.48. The highest BCUT2D eigenvalue weighted by Crippen LogP contribution is 2.78. The fourth-order valence-corrected chi connectivity index (χ4v) is 4.57. The number of hydrogen-bond acceptors (Lipinski definition) is 6. The van der Waals surface area contributed by atoms with E-state index in [1.54, 1.807) is 18.2 Å². The standard InChI is InChI=1S/C17H22N4O3/c1-8(23)20-15-14-13(17(14)4-5-17)12(7-22)24-16(15)21-9-2-3-10(18)11(19)6-9/h2-3,6,12-16,18-19,21-22H,4-5,7H2,1H3,(H,20,23)/t12?,13?,14?,15-,16?/m0/s1. The molecule has 1 saturated heterocycles. The summed E-state index contributed by atoms with van der Waals surface area (Å²) in [5, 5.41) is 31.3. The van der Waals surface area contributed by atoms with Crippen molar-refractivity contribution >= 4 is 17.3 Å². The van der Waals surface area contributed by atoms with Crippen molar-refractivity contribution in [2.45, 2.75) is 38.1 Å². The van der Waals surface area contributed by atoms with Gasteiger partial charge in [-0.2, -0.15) is 0 Å². The molecular formula is C17H22N4O3. The number of ether oxygens (including phenoxy) is 1. The molecule has 3 aliphatic carbocycles. The minimum atomic E-state index is -0.455. The van der Waals surface area contributed by atoms with Gasteiger partial charge < -0.3 is 20.5 Å². The maximum atomic E-state index is 11.7. The van der Waals surface area contributed by atoms with Crippen LogP contribution in [-0.2, 0) is 9.53 Å². The number of carbonyl (C=O) groups excluding carboxylic acids is 1. The Morgan fingerprint density at radius 1 is 1.33 bits per heavy atom. The van der Waals surface area contributed by atoms with Crippen LogP contribution in [0, 0.1) is 28.1 Å². The van der Waals surface area contributed by atoms with Gasteiger partial charge in [-0.05, 0) is 48.3 Å². The minimum Gasteiger partial charge on any atom is -0.394 e. The lowest BCUT2D eigenvalue weighted by atomic mass is 10.0. The smallest absolute Gasteiger partial charge is 0.217 e. The van der Waals surface area contributed by atoms with Crippen LogP contribution in [0.2, 0.25) is 0 Å². The molecule has 5 N–H and O–H groups in total. The van der Waals surface area contributed by atoms with Crippen molar-refractivity contribution in [3.05, 3.63) is 23.9 Å². The van der Waals surface area contributed by atoms with Crippen LogP contribution in [0.1, 0.15) is 19.8 Å². The first kappa shape index (κ1) is 15.5. The number of hydrogen-bond donors (Lipinski definition) is 5. The summed E-state index contributed by atoms with van der Waals surface area (Å²) in [5.74, 6) is 0.553. The quantitative estimate of drug-likeness (QED) is 0.477. The van der Waals surface area contributed by atoms with Gasteiger partial charge in [-0.15, -0.1) is 0 Å². The highest BCUT2D eigenvalue weighted by molar-refractivity contribution is 6.49. The first-order valence-corrected chi connectivity index (χ1v) is 8.33. The molecule has 0 bridgehead atoms. The zero-order valence-electron chi connectivity index (χ0n) is 13.5. The molecule has 4 rings (SSSR count). The van der Waals surface area contributed by atoms with E-state index in [-0.39, 0.29) is 41.5 Å². The van der Waals surface area contributed by atoms with E-state index in [1.807, 2.05) is 0 Å². The molecule has 7 nitrogen and oxygen atoms in total. The normalized spacial score (nSPS) is 38.4. The third kappa shape index (κ3) is 2.31. The summed E-state index contributed by atoms with van der Waals surface area (Å²) in [6, 6.07) is -0.150. The second-order valence-corrected chi connectivity index (χ2v) is 7.19. The highest BCUT2D eigenvalue weighted by atomic mass is 16.5. The van der Waals surface area contributed by atoms with Crippen LogP contribution in [0.3, 0.4) is 0 Å². The van der Waals surface area contributed by atoms with Gasteiger partial charge in [-0.25, -0.2) is 0 Å².